The Hall–Kier alpha value is -2.54. The first-order chi connectivity index (χ1) is 12.1. The topological polar surface area (TPSA) is 72.9 Å². The molecule has 0 amide bonds. The minimum absolute atomic E-state index is 0.578. The molecule has 7 heteroatoms. The molecule has 0 saturated carbocycles. The maximum absolute atomic E-state index is 5.42. The molecule has 4 rings (SSSR count). The van der Waals surface area contributed by atoms with Gasteiger partial charge in [0, 0.05) is 23.5 Å². The highest BCUT2D eigenvalue weighted by molar-refractivity contribution is 5.53. The fourth-order valence-corrected chi connectivity index (χ4v) is 3.34. The summed E-state index contributed by atoms with van der Waals surface area (Å²) >= 11 is 0. The summed E-state index contributed by atoms with van der Waals surface area (Å²) in [7, 11) is 0. The predicted octanol–water partition coefficient (Wildman–Crippen LogP) is 2.92. The van der Waals surface area contributed by atoms with Crippen molar-refractivity contribution in [2.45, 2.75) is 46.2 Å². The second kappa shape index (κ2) is 6.40. The summed E-state index contributed by atoms with van der Waals surface area (Å²) in [6.45, 7) is 8.04. The third-order valence-electron chi connectivity index (χ3n) is 4.73. The van der Waals surface area contributed by atoms with Gasteiger partial charge in [-0.25, -0.2) is 9.67 Å². The maximum Gasteiger partial charge on any atom is 0.241 e. The second-order valence-corrected chi connectivity index (χ2v) is 6.72. The van der Waals surface area contributed by atoms with Crippen molar-refractivity contribution in [3.05, 3.63) is 41.7 Å². The van der Waals surface area contributed by atoms with Crippen LogP contribution in [0.5, 0.6) is 0 Å². The lowest BCUT2D eigenvalue weighted by Gasteiger charge is -2.17. The Kier molecular flexibility index (Phi) is 4.09. The first-order valence-electron chi connectivity index (χ1n) is 8.67. The summed E-state index contributed by atoms with van der Waals surface area (Å²) in [5.41, 5.74) is 2.87. The van der Waals surface area contributed by atoms with Gasteiger partial charge in [0.15, 0.2) is 5.82 Å². The molecular weight excluding hydrogens is 316 g/mol. The van der Waals surface area contributed by atoms with Crippen LogP contribution < -0.4 is 0 Å². The molecule has 3 aromatic rings. The van der Waals surface area contributed by atoms with Crippen LogP contribution in [0.2, 0.25) is 0 Å². The van der Waals surface area contributed by atoms with Crippen molar-refractivity contribution in [3.63, 3.8) is 0 Å². The van der Waals surface area contributed by atoms with Gasteiger partial charge in [-0.15, -0.1) is 0 Å². The Morgan fingerprint density at radius 2 is 2.16 bits per heavy atom. The highest BCUT2D eigenvalue weighted by atomic mass is 16.5. The van der Waals surface area contributed by atoms with E-state index < -0.39 is 0 Å². The van der Waals surface area contributed by atoms with Crippen molar-refractivity contribution in [1.82, 2.24) is 29.8 Å². The molecule has 0 unspecified atom stereocenters. The SMILES string of the molecule is Cc1cc(C)n(-c2ccc(-c3noc(CN4CCC[C@H]4C)n3)cn2)n1. The zero-order valence-corrected chi connectivity index (χ0v) is 14.8. The van der Waals surface area contributed by atoms with E-state index in [4.69, 9.17) is 4.52 Å². The Balaban J connectivity index is 1.51. The third-order valence-corrected chi connectivity index (χ3v) is 4.73. The Morgan fingerprint density at radius 1 is 1.28 bits per heavy atom. The van der Waals surface area contributed by atoms with Gasteiger partial charge in [-0.05, 0) is 58.4 Å². The van der Waals surface area contributed by atoms with Crippen LogP contribution in [-0.2, 0) is 6.54 Å². The van der Waals surface area contributed by atoms with Crippen LogP contribution in [0.1, 0.15) is 37.0 Å². The van der Waals surface area contributed by atoms with Crippen molar-refractivity contribution in [3.8, 4) is 17.2 Å². The fourth-order valence-electron chi connectivity index (χ4n) is 3.34. The molecule has 25 heavy (non-hydrogen) atoms. The van der Waals surface area contributed by atoms with E-state index in [-0.39, 0.29) is 0 Å². The van der Waals surface area contributed by atoms with E-state index in [9.17, 15) is 0 Å². The second-order valence-electron chi connectivity index (χ2n) is 6.72. The van der Waals surface area contributed by atoms with Crippen LogP contribution in [0, 0.1) is 13.8 Å². The highest BCUT2D eigenvalue weighted by Crippen LogP contribution is 2.21. The molecular formula is C18H22N6O. The van der Waals surface area contributed by atoms with Crippen molar-refractivity contribution in [1.29, 1.82) is 0 Å². The fraction of sp³-hybridized carbons (Fsp3) is 0.444. The van der Waals surface area contributed by atoms with Crippen molar-refractivity contribution < 1.29 is 4.52 Å². The normalized spacial score (nSPS) is 18.1. The van der Waals surface area contributed by atoms with Gasteiger partial charge in [0.05, 0.1) is 12.2 Å². The van der Waals surface area contributed by atoms with Gasteiger partial charge in [-0.3, -0.25) is 4.90 Å². The van der Waals surface area contributed by atoms with E-state index in [1.165, 1.54) is 12.8 Å². The Labute approximate surface area is 146 Å². The molecule has 3 aromatic heterocycles. The summed E-state index contributed by atoms with van der Waals surface area (Å²) in [4.78, 5) is 11.4. The van der Waals surface area contributed by atoms with E-state index >= 15 is 0 Å². The van der Waals surface area contributed by atoms with Crippen LogP contribution >= 0.6 is 0 Å². The van der Waals surface area contributed by atoms with E-state index in [1.807, 2.05) is 36.7 Å². The number of pyridine rings is 1. The largest absolute Gasteiger partial charge is 0.338 e. The van der Waals surface area contributed by atoms with Gasteiger partial charge >= 0.3 is 0 Å². The lowest BCUT2D eigenvalue weighted by atomic mass is 10.2. The van der Waals surface area contributed by atoms with E-state index in [1.54, 1.807) is 6.20 Å². The van der Waals surface area contributed by atoms with E-state index in [0.717, 1.165) is 29.3 Å². The Bertz CT molecular complexity index is 866. The van der Waals surface area contributed by atoms with Gasteiger partial charge in [-0.2, -0.15) is 10.1 Å². The smallest absolute Gasteiger partial charge is 0.241 e. The lowest BCUT2D eigenvalue weighted by Crippen LogP contribution is -2.26. The molecule has 0 radical (unpaired) electrons. The van der Waals surface area contributed by atoms with Crippen LogP contribution in [0.4, 0.5) is 0 Å². The molecule has 4 heterocycles. The molecule has 0 N–H and O–H groups in total. The van der Waals surface area contributed by atoms with Crippen LogP contribution in [-0.4, -0.2) is 42.4 Å². The molecule has 1 aliphatic rings. The number of nitrogens with zero attached hydrogens (tertiary/aromatic N) is 6. The third kappa shape index (κ3) is 3.19. The number of hydrogen-bond donors (Lipinski definition) is 0. The van der Waals surface area contributed by atoms with Crippen molar-refractivity contribution in [2.24, 2.45) is 0 Å². The first kappa shape index (κ1) is 16.0. The quantitative estimate of drug-likeness (QED) is 0.728. The van der Waals surface area contributed by atoms with Crippen molar-refractivity contribution in [2.75, 3.05) is 6.54 Å². The van der Waals surface area contributed by atoms with Crippen LogP contribution in [0.3, 0.4) is 0 Å². The first-order valence-corrected chi connectivity index (χ1v) is 8.67. The summed E-state index contributed by atoms with van der Waals surface area (Å²) in [5, 5.41) is 8.55. The minimum Gasteiger partial charge on any atom is -0.338 e. The predicted molar refractivity (Wildman–Crippen MR) is 93.2 cm³/mol. The van der Waals surface area contributed by atoms with Gasteiger partial charge in [0.2, 0.25) is 11.7 Å². The average molecular weight is 338 g/mol. The standard InChI is InChI=1S/C18H22N6O/c1-12-9-14(3)24(21-12)16-7-6-15(10-19-16)18-20-17(25-22-18)11-23-8-4-5-13(23)2/h6-7,9-10,13H,4-5,8,11H2,1-3H3/t13-/m1/s1. The monoisotopic (exact) mass is 338 g/mol. The number of likely N-dealkylation sites (tertiary alicyclic amines) is 1. The molecule has 7 nitrogen and oxygen atoms in total. The van der Waals surface area contributed by atoms with Gasteiger partial charge < -0.3 is 4.52 Å². The molecule has 0 aliphatic carbocycles. The maximum atomic E-state index is 5.42. The number of hydrogen-bond acceptors (Lipinski definition) is 6. The number of aromatic nitrogens is 5. The summed E-state index contributed by atoms with van der Waals surface area (Å²) < 4.78 is 7.25. The molecule has 1 fully saturated rings. The lowest BCUT2D eigenvalue weighted by molar-refractivity contribution is 0.221. The minimum atomic E-state index is 0.578. The summed E-state index contributed by atoms with van der Waals surface area (Å²) in [5.74, 6) is 2.02. The van der Waals surface area contributed by atoms with Gasteiger partial charge in [-0.1, -0.05) is 5.16 Å². The summed E-state index contributed by atoms with van der Waals surface area (Å²) in [6, 6.07) is 6.48. The molecule has 1 saturated heterocycles. The zero-order valence-electron chi connectivity index (χ0n) is 14.8. The number of rotatable bonds is 4. The molecule has 1 aliphatic heterocycles. The molecule has 130 valence electrons. The average Bonchev–Trinajstić information content (AvgIpc) is 3.30. The molecule has 1 atom stereocenters. The van der Waals surface area contributed by atoms with Crippen LogP contribution in [0.25, 0.3) is 17.2 Å². The van der Waals surface area contributed by atoms with Crippen LogP contribution in [0.15, 0.2) is 28.9 Å². The number of aryl methyl sites for hydroxylation is 2. The molecule has 0 spiro atoms. The Morgan fingerprint density at radius 3 is 2.80 bits per heavy atom. The van der Waals surface area contributed by atoms with E-state index in [2.05, 4.69) is 32.0 Å². The summed E-state index contributed by atoms with van der Waals surface area (Å²) in [6.07, 6.45) is 4.23. The molecule has 0 bridgehead atoms. The van der Waals surface area contributed by atoms with Crippen molar-refractivity contribution >= 4 is 0 Å². The zero-order chi connectivity index (χ0) is 17.4. The van der Waals surface area contributed by atoms with Gasteiger partial charge in [0.1, 0.15) is 0 Å². The molecule has 0 aromatic carbocycles. The highest BCUT2D eigenvalue weighted by Gasteiger charge is 2.22. The van der Waals surface area contributed by atoms with Gasteiger partial charge in [0.25, 0.3) is 0 Å². The van der Waals surface area contributed by atoms with E-state index in [0.29, 0.717) is 24.3 Å².